The van der Waals surface area contributed by atoms with Gasteiger partial charge in [0.2, 0.25) is 0 Å². The van der Waals surface area contributed by atoms with E-state index in [1.807, 2.05) is 0 Å². The summed E-state index contributed by atoms with van der Waals surface area (Å²) in [6.45, 7) is 0. The Balaban J connectivity index is 1.98. The Bertz CT molecular complexity index is 238. The van der Waals surface area contributed by atoms with E-state index in [1.165, 1.54) is 12.8 Å². The number of Topliss-reactive ketones (excluding diaryl/α,β-unsaturated/α-hetero) is 1. The molecule has 0 radical (unpaired) electrons. The summed E-state index contributed by atoms with van der Waals surface area (Å²) in [4.78, 5) is 11.7. The molecule has 4 saturated carbocycles. The monoisotopic (exact) mass is 184 g/mol. The molecule has 1 unspecified atom stereocenters. The number of carbonyl (C=O) groups excluding carboxylic acids is 1. The number of ketones is 1. The summed E-state index contributed by atoms with van der Waals surface area (Å²) < 4.78 is 0. The minimum atomic E-state index is 0.185. The lowest BCUT2D eigenvalue weighted by atomic mass is 9.55. The zero-order chi connectivity index (χ0) is 8.29. The van der Waals surface area contributed by atoms with Crippen molar-refractivity contribution in [2.75, 3.05) is 0 Å². The van der Waals surface area contributed by atoms with E-state index in [0.717, 1.165) is 18.8 Å². The van der Waals surface area contributed by atoms with Gasteiger partial charge in [0.1, 0.15) is 5.78 Å². The molecule has 0 N–H and O–H groups in total. The first-order chi connectivity index (χ1) is 5.75. The Morgan fingerprint density at radius 2 is 2.00 bits per heavy atom. The molecule has 0 aromatic heterocycles. The van der Waals surface area contributed by atoms with Crippen molar-refractivity contribution in [3.05, 3.63) is 0 Å². The van der Waals surface area contributed by atoms with Crippen LogP contribution in [0.3, 0.4) is 0 Å². The largest absolute Gasteiger partial charge is 0.299 e. The van der Waals surface area contributed by atoms with Crippen molar-refractivity contribution < 1.29 is 4.79 Å². The van der Waals surface area contributed by atoms with Gasteiger partial charge in [-0.15, -0.1) is 11.6 Å². The van der Waals surface area contributed by atoms with Crippen molar-refractivity contribution in [2.45, 2.75) is 31.1 Å². The highest BCUT2D eigenvalue weighted by molar-refractivity contribution is 6.23. The van der Waals surface area contributed by atoms with Crippen molar-refractivity contribution >= 4 is 17.4 Å². The first-order valence-corrected chi connectivity index (χ1v) is 5.37. The van der Waals surface area contributed by atoms with Gasteiger partial charge in [-0.2, -0.15) is 0 Å². The van der Waals surface area contributed by atoms with Crippen LogP contribution in [0.25, 0.3) is 0 Å². The van der Waals surface area contributed by atoms with Gasteiger partial charge < -0.3 is 0 Å². The lowest BCUT2D eigenvalue weighted by Gasteiger charge is -2.51. The highest BCUT2D eigenvalue weighted by atomic mass is 35.5. The molecule has 5 atom stereocenters. The van der Waals surface area contributed by atoms with Crippen LogP contribution in [0.1, 0.15) is 25.7 Å². The number of carbonyl (C=O) groups is 1. The van der Waals surface area contributed by atoms with Crippen molar-refractivity contribution in [3.63, 3.8) is 0 Å². The summed E-state index contributed by atoms with van der Waals surface area (Å²) >= 11 is 6.24. The fourth-order valence-corrected chi connectivity index (χ4v) is 4.00. The second kappa shape index (κ2) is 2.25. The van der Waals surface area contributed by atoms with Crippen molar-refractivity contribution in [1.82, 2.24) is 0 Å². The van der Waals surface area contributed by atoms with Gasteiger partial charge in [0.05, 0.1) is 0 Å². The predicted octanol–water partition coefficient (Wildman–Crippen LogP) is 2.23. The van der Waals surface area contributed by atoms with Gasteiger partial charge in [-0.1, -0.05) is 0 Å². The molecule has 4 aliphatic rings. The van der Waals surface area contributed by atoms with Gasteiger partial charge in [0.25, 0.3) is 0 Å². The molecule has 12 heavy (non-hydrogen) atoms. The fraction of sp³-hybridized carbons (Fsp3) is 0.900. The maximum atomic E-state index is 11.7. The van der Waals surface area contributed by atoms with Crippen LogP contribution >= 0.6 is 11.6 Å². The Morgan fingerprint density at radius 3 is 2.83 bits per heavy atom. The highest BCUT2D eigenvalue weighted by Crippen LogP contribution is 2.53. The topological polar surface area (TPSA) is 17.1 Å². The zero-order valence-corrected chi connectivity index (χ0v) is 7.76. The van der Waals surface area contributed by atoms with Gasteiger partial charge in [-0.25, -0.2) is 0 Å². The third-order valence-corrected chi connectivity index (χ3v) is 4.69. The molecule has 0 aromatic rings. The van der Waals surface area contributed by atoms with E-state index in [0.29, 0.717) is 17.6 Å². The second-order valence-electron chi connectivity index (χ2n) is 4.72. The van der Waals surface area contributed by atoms with Gasteiger partial charge in [-0.3, -0.25) is 4.79 Å². The summed E-state index contributed by atoms with van der Waals surface area (Å²) in [5.74, 6) is 2.64. The van der Waals surface area contributed by atoms with Crippen LogP contribution in [0.15, 0.2) is 0 Å². The standard InChI is InChI=1S/C10H13ClO/c11-9-6-1-5-2-7(4-6)10(12)8(9)3-5/h5-9H,1-4H2/t5-,6?,7+,8-,9+/m1/s1. The smallest absolute Gasteiger partial charge is 0.140 e. The zero-order valence-electron chi connectivity index (χ0n) is 7.00. The predicted molar refractivity (Wildman–Crippen MR) is 47.1 cm³/mol. The fourth-order valence-electron chi connectivity index (χ4n) is 3.56. The van der Waals surface area contributed by atoms with E-state index in [1.54, 1.807) is 0 Å². The molecular weight excluding hydrogens is 172 g/mol. The van der Waals surface area contributed by atoms with Gasteiger partial charge in [0, 0.05) is 17.2 Å². The van der Waals surface area contributed by atoms with Crippen molar-refractivity contribution in [3.8, 4) is 0 Å². The van der Waals surface area contributed by atoms with Crippen LogP contribution in [0.5, 0.6) is 0 Å². The summed E-state index contributed by atoms with van der Waals surface area (Å²) in [7, 11) is 0. The van der Waals surface area contributed by atoms with Crippen molar-refractivity contribution in [2.24, 2.45) is 23.7 Å². The third kappa shape index (κ3) is 0.783. The average molecular weight is 185 g/mol. The molecule has 66 valence electrons. The van der Waals surface area contributed by atoms with Crippen LogP contribution in [0.4, 0.5) is 0 Å². The van der Waals surface area contributed by atoms with E-state index >= 15 is 0 Å². The van der Waals surface area contributed by atoms with Gasteiger partial charge >= 0.3 is 0 Å². The van der Waals surface area contributed by atoms with Gasteiger partial charge in [-0.05, 0) is 37.5 Å². The number of hydrogen-bond donors (Lipinski definition) is 0. The minimum Gasteiger partial charge on any atom is -0.299 e. The molecule has 2 heteroatoms. The molecule has 4 bridgehead atoms. The number of halogens is 1. The first-order valence-electron chi connectivity index (χ1n) is 4.93. The summed E-state index contributed by atoms with van der Waals surface area (Å²) in [5.41, 5.74) is 0. The number of hydrogen-bond acceptors (Lipinski definition) is 1. The van der Waals surface area contributed by atoms with E-state index in [4.69, 9.17) is 11.6 Å². The maximum absolute atomic E-state index is 11.7. The quantitative estimate of drug-likeness (QED) is 0.528. The van der Waals surface area contributed by atoms with E-state index in [-0.39, 0.29) is 11.3 Å². The molecule has 1 nitrogen and oxygen atoms in total. The molecule has 4 fully saturated rings. The lowest BCUT2D eigenvalue weighted by Crippen LogP contribution is -2.51. The SMILES string of the molecule is O=C1[C@@H]2CC3C[C@H](C2)C[C@@H]1[C@H]3Cl. The van der Waals surface area contributed by atoms with Crippen molar-refractivity contribution in [1.29, 1.82) is 0 Å². The lowest BCUT2D eigenvalue weighted by molar-refractivity contribution is -0.139. The average Bonchev–Trinajstić information content (AvgIpc) is 2.07. The molecule has 0 aliphatic heterocycles. The Labute approximate surface area is 77.5 Å². The Hall–Kier alpha value is -0.0400. The molecule has 0 aromatic carbocycles. The summed E-state index contributed by atoms with van der Waals surface area (Å²) in [6.07, 6.45) is 4.67. The van der Waals surface area contributed by atoms with Crippen LogP contribution in [-0.4, -0.2) is 11.2 Å². The normalized spacial score (nSPS) is 56.4. The molecule has 0 saturated heterocycles. The second-order valence-corrected chi connectivity index (χ2v) is 5.22. The van der Waals surface area contributed by atoms with Crippen LogP contribution in [-0.2, 0) is 4.79 Å². The van der Waals surface area contributed by atoms with E-state index < -0.39 is 0 Å². The van der Waals surface area contributed by atoms with Crippen LogP contribution < -0.4 is 0 Å². The molecule has 4 rings (SSSR count). The van der Waals surface area contributed by atoms with E-state index in [2.05, 4.69) is 0 Å². The van der Waals surface area contributed by atoms with Crippen LogP contribution in [0, 0.1) is 23.7 Å². The number of alkyl halides is 1. The number of rotatable bonds is 0. The highest BCUT2D eigenvalue weighted by Gasteiger charge is 2.52. The summed E-state index contributed by atoms with van der Waals surface area (Å²) in [6, 6.07) is 0. The minimum absolute atomic E-state index is 0.185. The molecule has 4 aliphatic carbocycles. The maximum Gasteiger partial charge on any atom is 0.140 e. The molecular formula is C10H13ClO. The van der Waals surface area contributed by atoms with Gasteiger partial charge in [0.15, 0.2) is 0 Å². The third-order valence-electron chi connectivity index (χ3n) is 4.03. The Kier molecular flexibility index (Phi) is 1.39. The van der Waals surface area contributed by atoms with E-state index in [9.17, 15) is 4.79 Å². The van der Waals surface area contributed by atoms with Crippen LogP contribution in [0.2, 0.25) is 0 Å². The molecule has 0 heterocycles. The molecule has 0 amide bonds. The summed E-state index contributed by atoms with van der Waals surface area (Å²) in [5, 5.41) is 0.185. The Morgan fingerprint density at radius 1 is 1.17 bits per heavy atom. The molecule has 0 spiro atoms. The first kappa shape index (κ1) is 7.37.